The fourth-order valence-corrected chi connectivity index (χ4v) is 2.84. The lowest BCUT2D eigenvalue weighted by Gasteiger charge is -2.10. The van der Waals surface area contributed by atoms with Crippen LogP contribution in [-0.4, -0.2) is 34.2 Å². The molecule has 0 saturated carbocycles. The molecule has 0 saturated heterocycles. The zero-order chi connectivity index (χ0) is 15.7. The molecule has 1 aromatic rings. The molecule has 1 aromatic carbocycles. The molecule has 0 aliphatic heterocycles. The van der Waals surface area contributed by atoms with E-state index in [9.17, 15) is 9.59 Å². The van der Waals surface area contributed by atoms with Crippen LogP contribution in [0, 0.1) is 0 Å². The summed E-state index contributed by atoms with van der Waals surface area (Å²) in [5.74, 6) is 0.592. The van der Waals surface area contributed by atoms with Crippen molar-refractivity contribution in [2.45, 2.75) is 30.8 Å². The summed E-state index contributed by atoms with van der Waals surface area (Å²) < 4.78 is 0. The number of anilines is 1. The van der Waals surface area contributed by atoms with Crippen LogP contribution in [0.25, 0.3) is 0 Å². The van der Waals surface area contributed by atoms with E-state index in [1.54, 1.807) is 23.5 Å². The van der Waals surface area contributed by atoms with E-state index in [-0.39, 0.29) is 12.3 Å². The molecule has 0 bridgehead atoms. The Labute approximate surface area is 134 Å². The highest BCUT2D eigenvalue weighted by Gasteiger charge is 2.08. The highest BCUT2D eigenvalue weighted by atomic mass is 32.2. The Bertz CT molecular complexity index is 480. The second-order valence-corrected chi connectivity index (χ2v) is 7.08. The summed E-state index contributed by atoms with van der Waals surface area (Å²) in [5.41, 5.74) is 1.88. The fraction of sp³-hybridized carbons (Fsp3) is 0.467. The van der Waals surface area contributed by atoms with Crippen LogP contribution in [0.15, 0.2) is 24.3 Å². The number of carboxylic acids is 1. The number of rotatable bonds is 9. The van der Waals surface area contributed by atoms with Gasteiger partial charge in [0.15, 0.2) is 0 Å². The van der Waals surface area contributed by atoms with E-state index in [0.29, 0.717) is 17.4 Å². The fourth-order valence-electron chi connectivity index (χ4n) is 1.64. The molecule has 21 heavy (non-hydrogen) atoms. The molecule has 1 atom stereocenters. The van der Waals surface area contributed by atoms with Crippen molar-refractivity contribution in [3.63, 3.8) is 0 Å². The van der Waals surface area contributed by atoms with Gasteiger partial charge in [0.1, 0.15) is 0 Å². The number of benzene rings is 1. The molecule has 1 rings (SSSR count). The lowest BCUT2D eigenvalue weighted by molar-refractivity contribution is -0.136. The standard InChI is InChI=1S/C15H21NO3S2/c1-11(20-2)8-14(17)16-13-5-3-4-12(9-13)10-21-7-6-15(18)19/h3-5,9,11H,6-8,10H2,1-2H3,(H,16,17)(H,18,19). The summed E-state index contributed by atoms with van der Waals surface area (Å²) in [4.78, 5) is 22.3. The largest absolute Gasteiger partial charge is 0.481 e. The van der Waals surface area contributed by atoms with Crippen molar-refractivity contribution in [2.24, 2.45) is 0 Å². The van der Waals surface area contributed by atoms with Crippen molar-refractivity contribution in [1.82, 2.24) is 0 Å². The molecule has 0 spiro atoms. The van der Waals surface area contributed by atoms with E-state index in [4.69, 9.17) is 5.11 Å². The highest BCUT2D eigenvalue weighted by Crippen LogP contribution is 2.18. The minimum absolute atomic E-state index is 0.0209. The van der Waals surface area contributed by atoms with Crippen molar-refractivity contribution in [2.75, 3.05) is 17.3 Å². The van der Waals surface area contributed by atoms with E-state index >= 15 is 0 Å². The number of thioether (sulfide) groups is 2. The molecule has 0 aromatic heterocycles. The molecule has 6 heteroatoms. The SMILES string of the molecule is CSC(C)CC(=O)Nc1cccc(CSCCC(=O)O)c1. The minimum Gasteiger partial charge on any atom is -0.481 e. The van der Waals surface area contributed by atoms with Crippen molar-refractivity contribution in [1.29, 1.82) is 0 Å². The van der Waals surface area contributed by atoms with Crippen LogP contribution in [0.3, 0.4) is 0 Å². The molecule has 2 N–H and O–H groups in total. The van der Waals surface area contributed by atoms with Crippen molar-refractivity contribution < 1.29 is 14.7 Å². The van der Waals surface area contributed by atoms with Crippen LogP contribution in [0.2, 0.25) is 0 Å². The first-order chi connectivity index (χ1) is 10.0. The Hall–Kier alpha value is -1.14. The number of carbonyl (C=O) groups excluding carboxylic acids is 1. The first-order valence-electron chi connectivity index (χ1n) is 6.72. The molecule has 0 aliphatic carbocycles. The highest BCUT2D eigenvalue weighted by molar-refractivity contribution is 7.99. The van der Waals surface area contributed by atoms with E-state index in [1.807, 2.05) is 37.4 Å². The third-order valence-corrected chi connectivity index (χ3v) is 4.82. The molecule has 0 radical (unpaired) electrons. The molecule has 1 amide bonds. The van der Waals surface area contributed by atoms with Gasteiger partial charge in [-0.25, -0.2) is 0 Å². The first-order valence-corrected chi connectivity index (χ1v) is 9.16. The smallest absolute Gasteiger partial charge is 0.304 e. The van der Waals surface area contributed by atoms with Crippen LogP contribution >= 0.6 is 23.5 Å². The summed E-state index contributed by atoms with van der Waals surface area (Å²) in [6, 6.07) is 7.69. The molecule has 1 unspecified atom stereocenters. The van der Waals surface area contributed by atoms with Crippen LogP contribution in [-0.2, 0) is 15.3 Å². The lowest BCUT2D eigenvalue weighted by Crippen LogP contribution is -2.16. The van der Waals surface area contributed by atoms with Gasteiger partial charge in [-0.2, -0.15) is 23.5 Å². The van der Waals surface area contributed by atoms with Gasteiger partial charge in [-0.3, -0.25) is 9.59 Å². The topological polar surface area (TPSA) is 66.4 Å². The molecule has 4 nitrogen and oxygen atoms in total. The van der Waals surface area contributed by atoms with Gasteiger partial charge < -0.3 is 10.4 Å². The van der Waals surface area contributed by atoms with Crippen LogP contribution in [0.4, 0.5) is 5.69 Å². The van der Waals surface area contributed by atoms with Gasteiger partial charge in [-0.1, -0.05) is 19.1 Å². The van der Waals surface area contributed by atoms with Crippen LogP contribution < -0.4 is 5.32 Å². The van der Waals surface area contributed by atoms with Crippen molar-refractivity contribution in [3.8, 4) is 0 Å². The van der Waals surface area contributed by atoms with Crippen LogP contribution in [0.1, 0.15) is 25.3 Å². The van der Waals surface area contributed by atoms with Gasteiger partial charge in [0.05, 0.1) is 6.42 Å². The Morgan fingerprint density at radius 3 is 2.81 bits per heavy atom. The average Bonchev–Trinajstić information content (AvgIpc) is 2.43. The maximum Gasteiger partial charge on any atom is 0.304 e. The number of hydrogen-bond acceptors (Lipinski definition) is 4. The van der Waals surface area contributed by atoms with E-state index < -0.39 is 5.97 Å². The Balaban J connectivity index is 2.44. The second kappa shape index (κ2) is 9.73. The van der Waals surface area contributed by atoms with Gasteiger partial charge in [-0.15, -0.1) is 0 Å². The molecular weight excluding hydrogens is 306 g/mol. The third kappa shape index (κ3) is 8.02. The number of aliphatic carboxylic acids is 1. The maximum atomic E-state index is 11.8. The summed E-state index contributed by atoms with van der Waals surface area (Å²) in [6.07, 6.45) is 2.67. The number of carboxylic acid groups (broad SMARTS) is 1. The van der Waals surface area contributed by atoms with Gasteiger partial charge in [-0.05, 0) is 24.0 Å². The number of amides is 1. The quantitative estimate of drug-likeness (QED) is 0.680. The van der Waals surface area contributed by atoms with Crippen molar-refractivity contribution in [3.05, 3.63) is 29.8 Å². The van der Waals surface area contributed by atoms with E-state index in [2.05, 4.69) is 5.32 Å². The van der Waals surface area contributed by atoms with E-state index in [1.165, 1.54) is 0 Å². The average molecular weight is 327 g/mol. The molecular formula is C15H21NO3S2. The molecule has 116 valence electrons. The monoisotopic (exact) mass is 327 g/mol. The summed E-state index contributed by atoms with van der Waals surface area (Å²) in [5, 5.41) is 11.8. The van der Waals surface area contributed by atoms with Crippen molar-refractivity contribution >= 4 is 41.1 Å². The molecule has 0 fully saturated rings. The summed E-state index contributed by atoms with van der Waals surface area (Å²) in [7, 11) is 0. The van der Waals surface area contributed by atoms with Gasteiger partial charge in [0.2, 0.25) is 5.91 Å². The minimum atomic E-state index is -0.772. The Morgan fingerprint density at radius 1 is 1.38 bits per heavy atom. The van der Waals surface area contributed by atoms with Gasteiger partial charge >= 0.3 is 5.97 Å². The lowest BCUT2D eigenvalue weighted by atomic mass is 10.2. The number of carbonyl (C=O) groups is 2. The third-order valence-electron chi connectivity index (χ3n) is 2.81. The molecule has 0 aliphatic rings. The van der Waals surface area contributed by atoms with Gasteiger partial charge in [0, 0.05) is 28.9 Å². The number of nitrogens with one attached hydrogen (secondary N) is 1. The summed E-state index contributed by atoms with van der Waals surface area (Å²) >= 11 is 3.25. The molecule has 0 heterocycles. The second-order valence-electron chi connectivity index (χ2n) is 4.70. The number of hydrogen-bond donors (Lipinski definition) is 2. The zero-order valence-electron chi connectivity index (χ0n) is 12.3. The van der Waals surface area contributed by atoms with Gasteiger partial charge in [0.25, 0.3) is 0 Å². The Morgan fingerprint density at radius 2 is 2.14 bits per heavy atom. The maximum absolute atomic E-state index is 11.8. The Kier molecular flexibility index (Phi) is 8.30. The predicted octanol–water partition coefficient (Wildman–Crippen LogP) is 3.47. The summed E-state index contributed by atoms with van der Waals surface area (Å²) in [6.45, 7) is 2.03. The zero-order valence-corrected chi connectivity index (χ0v) is 13.9. The van der Waals surface area contributed by atoms with Crippen LogP contribution in [0.5, 0.6) is 0 Å². The van der Waals surface area contributed by atoms with E-state index in [0.717, 1.165) is 17.0 Å². The first kappa shape index (κ1) is 17.9. The predicted molar refractivity (Wildman–Crippen MR) is 91.1 cm³/mol. The normalized spacial score (nSPS) is 11.9.